The van der Waals surface area contributed by atoms with Crippen LogP contribution in [0.3, 0.4) is 0 Å². The highest BCUT2D eigenvalue weighted by atomic mass is 16.6. The molecule has 6 nitrogen and oxygen atoms in total. The Balaban J connectivity index is 0.884. The summed E-state index contributed by atoms with van der Waals surface area (Å²) in [5.41, 5.74) is 4.47. The van der Waals surface area contributed by atoms with Crippen LogP contribution in [0.15, 0.2) is 121 Å². The van der Waals surface area contributed by atoms with E-state index in [2.05, 4.69) is 62.4 Å². The van der Waals surface area contributed by atoms with Crippen LogP contribution in [0.25, 0.3) is 22.3 Å². The molecule has 5 aromatic rings. The standard InChI is InChI=1S/C42H42O6/c1-3-39-41(47-39)24-26-43-33-16-8-29(9-17-33)31-12-20-35(21-13-31)45-37-6-5-7-38(28-37)46-36-22-14-32(15-23-36)30-10-18-34(19-11-30)44-27-25-42-40(4-2)48-42/h5-23,28,39-42H,3-4,24-27H2,1-2H3. The van der Waals surface area contributed by atoms with Gasteiger partial charge in [-0.25, -0.2) is 0 Å². The molecule has 0 spiro atoms. The van der Waals surface area contributed by atoms with Gasteiger partial charge < -0.3 is 28.4 Å². The molecule has 0 aromatic heterocycles. The number of epoxide rings is 2. The fourth-order valence-corrected chi connectivity index (χ4v) is 5.96. The van der Waals surface area contributed by atoms with E-state index in [0.29, 0.717) is 49.1 Å². The molecule has 2 saturated heterocycles. The molecule has 6 heteroatoms. The van der Waals surface area contributed by atoms with E-state index in [9.17, 15) is 0 Å². The van der Waals surface area contributed by atoms with Gasteiger partial charge in [0.25, 0.3) is 0 Å². The van der Waals surface area contributed by atoms with Crippen LogP contribution in [0.2, 0.25) is 0 Å². The van der Waals surface area contributed by atoms with Gasteiger partial charge in [-0.1, -0.05) is 68.4 Å². The van der Waals surface area contributed by atoms with E-state index in [4.69, 9.17) is 28.4 Å². The third-order valence-electron chi connectivity index (χ3n) is 8.88. The molecule has 2 aliphatic rings. The van der Waals surface area contributed by atoms with E-state index in [1.54, 1.807) is 0 Å². The molecule has 0 bridgehead atoms. The van der Waals surface area contributed by atoms with Gasteiger partial charge in [-0.05, 0) is 95.8 Å². The predicted octanol–water partition coefficient (Wildman–Crippen LogP) is 10.5. The van der Waals surface area contributed by atoms with Gasteiger partial charge in [-0.2, -0.15) is 0 Å². The first kappa shape index (κ1) is 31.8. The highest BCUT2D eigenvalue weighted by molar-refractivity contribution is 5.66. The fraction of sp³-hybridized carbons (Fsp3) is 0.286. The minimum atomic E-state index is 0.366. The van der Waals surface area contributed by atoms with Crippen molar-refractivity contribution in [3.05, 3.63) is 121 Å². The van der Waals surface area contributed by atoms with Crippen LogP contribution in [0.5, 0.6) is 34.5 Å². The average Bonchev–Trinajstić information content (AvgIpc) is 4.06. The van der Waals surface area contributed by atoms with Gasteiger partial charge in [0, 0.05) is 18.9 Å². The molecule has 4 unspecified atom stereocenters. The minimum Gasteiger partial charge on any atom is -0.493 e. The molecule has 2 fully saturated rings. The van der Waals surface area contributed by atoms with Crippen LogP contribution >= 0.6 is 0 Å². The topological polar surface area (TPSA) is 62.0 Å². The molecule has 0 saturated carbocycles. The monoisotopic (exact) mass is 642 g/mol. The number of rotatable bonds is 16. The van der Waals surface area contributed by atoms with Crippen molar-refractivity contribution in [2.75, 3.05) is 13.2 Å². The van der Waals surface area contributed by atoms with E-state index in [-0.39, 0.29) is 0 Å². The quantitative estimate of drug-likeness (QED) is 0.0998. The Hall–Kier alpha value is -4.78. The zero-order valence-corrected chi connectivity index (χ0v) is 27.5. The summed E-state index contributed by atoms with van der Waals surface area (Å²) in [6.07, 6.45) is 5.60. The molecule has 0 amide bonds. The maximum Gasteiger partial charge on any atom is 0.131 e. The predicted molar refractivity (Wildman–Crippen MR) is 188 cm³/mol. The Labute approximate surface area is 283 Å². The SMILES string of the molecule is CCC1OC1CCOc1ccc(-c2ccc(Oc3cccc(Oc4ccc(-c5ccc(OCCC6OC6CC)cc5)cc4)c3)cc2)cc1. The van der Waals surface area contributed by atoms with Gasteiger partial charge >= 0.3 is 0 Å². The van der Waals surface area contributed by atoms with Crippen molar-refractivity contribution in [1.82, 2.24) is 0 Å². The maximum atomic E-state index is 6.16. The van der Waals surface area contributed by atoms with Crippen molar-refractivity contribution in [1.29, 1.82) is 0 Å². The van der Waals surface area contributed by atoms with Crippen molar-refractivity contribution in [2.45, 2.75) is 63.9 Å². The number of hydrogen-bond donors (Lipinski definition) is 0. The highest BCUT2D eigenvalue weighted by Gasteiger charge is 2.37. The van der Waals surface area contributed by atoms with Crippen molar-refractivity contribution < 1.29 is 28.4 Å². The summed E-state index contributed by atoms with van der Waals surface area (Å²) in [4.78, 5) is 0. The summed E-state index contributed by atoms with van der Waals surface area (Å²) in [6, 6.07) is 40.3. The lowest BCUT2D eigenvalue weighted by Crippen LogP contribution is -2.03. The number of ether oxygens (including phenoxy) is 6. The Morgan fingerprint density at radius 1 is 0.417 bits per heavy atom. The van der Waals surface area contributed by atoms with Crippen LogP contribution in [0.4, 0.5) is 0 Å². The lowest BCUT2D eigenvalue weighted by Gasteiger charge is -2.11. The summed E-state index contributed by atoms with van der Waals surface area (Å²) in [5.74, 6) is 4.68. The second-order valence-electron chi connectivity index (χ2n) is 12.3. The van der Waals surface area contributed by atoms with Crippen molar-refractivity contribution >= 4 is 0 Å². The van der Waals surface area contributed by atoms with Gasteiger partial charge in [0.05, 0.1) is 37.6 Å². The van der Waals surface area contributed by atoms with Gasteiger partial charge in [0.2, 0.25) is 0 Å². The third kappa shape index (κ3) is 8.38. The molecule has 0 aliphatic carbocycles. The number of benzene rings is 5. The van der Waals surface area contributed by atoms with Crippen LogP contribution in [0, 0.1) is 0 Å². The Morgan fingerprint density at radius 2 is 0.771 bits per heavy atom. The first-order chi connectivity index (χ1) is 23.6. The van der Waals surface area contributed by atoms with Crippen molar-refractivity contribution in [3.8, 4) is 56.8 Å². The normalized spacial score (nSPS) is 19.4. The Morgan fingerprint density at radius 3 is 1.10 bits per heavy atom. The largest absolute Gasteiger partial charge is 0.493 e. The summed E-state index contributed by atoms with van der Waals surface area (Å²) >= 11 is 0. The first-order valence-corrected chi connectivity index (χ1v) is 17.1. The van der Waals surface area contributed by atoms with E-state index in [1.807, 2.05) is 72.8 Å². The Bertz CT molecular complexity index is 1620. The molecule has 246 valence electrons. The minimum absolute atomic E-state index is 0.366. The average molecular weight is 643 g/mol. The molecular weight excluding hydrogens is 600 g/mol. The lowest BCUT2D eigenvalue weighted by atomic mass is 10.1. The van der Waals surface area contributed by atoms with E-state index >= 15 is 0 Å². The Kier molecular flexibility index (Phi) is 9.92. The molecule has 4 atom stereocenters. The first-order valence-electron chi connectivity index (χ1n) is 17.1. The molecule has 0 radical (unpaired) electrons. The maximum absolute atomic E-state index is 6.16. The van der Waals surface area contributed by atoms with Crippen LogP contribution < -0.4 is 18.9 Å². The van der Waals surface area contributed by atoms with E-state index in [1.165, 1.54) is 0 Å². The van der Waals surface area contributed by atoms with E-state index in [0.717, 1.165) is 70.9 Å². The molecule has 0 N–H and O–H groups in total. The molecular formula is C42H42O6. The van der Waals surface area contributed by atoms with Gasteiger partial charge in [-0.15, -0.1) is 0 Å². The summed E-state index contributed by atoms with van der Waals surface area (Å²) in [5, 5.41) is 0. The summed E-state index contributed by atoms with van der Waals surface area (Å²) in [6.45, 7) is 5.66. The molecule has 5 aromatic carbocycles. The van der Waals surface area contributed by atoms with Crippen molar-refractivity contribution in [3.63, 3.8) is 0 Å². The molecule has 2 heterocycles. The van der Waals surface area contributed by atoms with Crippen LogP contribution in [-0.2, 0) is 9.47 Å². The summed E-state index contributed by atoms with van der Waals surface area (Å²) in [7, 11) is 0. The summed E-state index contributed by atoms with van der Waals surface area (Å²) < 4.78 is 35.3. The zero-order valence-electron chi connectivity index (χ0n) is 27.5. The van der Waals surface area contributed by atoms with E-state index < -0.39 is 0 Å². The number of hydrogen-bond acceptors (Lipinski definition) is 6. The smallest absolute Gasteiger partial charge is 0.131 e. The molecule has 48 heavy (non-hydrogen) atoms. The zero-order chi connectivity index (χ0) is 32.7. The van der Waals surface area contributed by atoms with Gasteiger partial charge in [0.1, 0.15) is 34.5 Å². The van der Waals surface area contributed by atoms with Crippen LogP contribution in [0.1, 0.15) is 39.5 Å². The van der Waals surface area contributed by atoms with Gasteiger partial charge in [0.15, 0.2) is 0 Å². The van der Waals surface area contributed by atoms with Crippen molar-refractivity contribution in [2.24, 2.45) is 0 Å². The fourth-order valence-electron chi connectivity index (χ4n) is 5.96. The molecule has 2 aliphatic heterocycles. The van der Waals surface area contributed by atoms with Crippen LogP contribution in [-0.4, -0.2) is 37.6 Å². The second kappa shape index (κ2) is 15.0. The second-order valence-corrected chi connectivity index (χ2v) is 12.3. The highest BCUT2D eigenvalue weighted by Crippen LogP contribution is 2.33. The van der Waals surface area contributed by atoms with Gasteiger partial charge in [-0.3, -0.25) is 0 Å². The lowest BCUT2D eigenvalue weighted by molar-refractivity contribution is 0.280. The third-order valence-corrected chi connectivity index (χ3v) is 8.88. The molecule has 7 rings (SSSR count).